The van der Waals surface area contributed by atoms with Crippen molar-refractivity contribution in [1.29, 1.82) is 0 Å². The van der Waals surface area contributed by atoms with Gasteiger partial charge < -0.3 is 9.84 Å². The van der Waals surface area contributed by atoms with Crippen LogP contribution in [0, 0.1) is 0 Å². The summed E-state index contributed by atoms with van der Waals surface area (Å²) < 4.78 is 4.86. The van der Waals surface area contributed by atoms with Crippen LogP contribution in [0.15, 0.2) is 12.1 Å². The van der Waals surface area contributed by atoms with Crippen LogP contribution >= 0.6 is 34.8 Å². The summed E-state index contributed by atoms with van der Waals surface area (Å²) in [6, 6.07) is 2.76. The standard InChI is InChI=1S/C8H5Cl3O3.Na.H/c9-4-1-6(11)7(2-5(4)10)14-3-8(12)13;;/h1-2H,3H2,(H,12,13);;. The minimum absolute atomic E-state index is 0. The second-order valence-corrected chi connectivity index (χ2v) is 3.60. The van der Waals surface area contributed by atoms with E-state index in [1.165, 1.54) is 12.1 Å². The number of carboxylic acid groups (broad SMARTS) is 1. The van der Waals surface area contributed by atoms with Crippen molar-refractivity contribution in [2.24, 2.45) is 0 Å². The molecule has 0 saturated heterocycles. The molecule has 0 heterocycles. The zero-order valence-corrected chi connectivity index (χ0v) is 9.03. The second-order valence-electron chi connectivity index (χ2n) is 2.38. The number of benzene rings is 1. The van der Waals surface area contributed by atoms with Crippen molar-refractivity contribution >= 4 is 70.3 Å². The van der Waals surface area contributed by atoms with Crippen LogP contribution in [0.4, 0.5) is 0 Å². The van der Waals surface area contributed by atoms with Gasteiger partial charge in [0.15, 0.2) is 6.61 Å². The Labute approximate surface area is 124 Å². The van der Waals surface area contributed by atoms with E-state index in [2.05, 4.69) is 0 Å². The number of halogens is 3. The van der Waals surface area contributed by atoms with Gasteiger partial charge >= 0.3 is 35.5 Å². The van der Waals surface area contributed by atoms with Gasteiger partial charge in [-0.1, -0.05) is 34.8 Å². The van der Waals surface area contributed by atoms with E-state index in [9.17, 15) is 4.79 Å². The number of hydrogen-bond acceptors (Lipinski definition) is 2. The van der Waals surface area contributed by atoms with Crippen molar-refractivity contribution in [3.8, 4) is 5.75 Å². The number of carbonyl (C=O) groups is 1. The summed E-state index contributed by atoms with van der Waals surface area (Å²) in [6.45, 7) is -0.475. The Bertz CT molecular complexity index is 370. The summed E-state index contributed by atoms with van der Waals surface area (Å²) in [5, 5.41) is 9.14. The molecule has 0 bridgehead atoms. The molecule has 0 aromatic heterocycles. The van der Waals surface area contributed by atoms with Crippen LogP contribution in [0.25, 0.3) is 0 Å². The normalized spacial score (nSPS) is 9.27. The SMILES string of the molecule is O=C(O)COc1cc(Cl)c(Cl)cc1Cl.[NaH]. The quantitative estimate of drug-likeness (QED) is 0.683. The van der Waals surface area contributed by atoms with E-state index in [-0.39, 0.29) is 45.4 Å². The third-order valence-electron chi connectivity index (χ3n) is 1.33. The molecule has 7 heteroatoms. The summed E-state index contributed by atoms with van der Waals surface area (Å²) in [7, 11) is 0. The fourth-order valence-electron chi connectivity index (χ4n) is 0.754. The third-order valence-corrected chi connectivity index (χ3v) is 2.34. The van der Waals surface area contributed by atoms with Gasteiger partial charge in [-0.2, -0.15) is 0 Å². The van der Waals surface area contributed by atoms with Crippen molar-refractivity contribution in [3.63, 3.8) is 0 Å². The molecule has 0 spiro atoms. The fourth-order valence-corrected chi connectivity index (χ4v) is 1.35. The van der Waals surface area contributed by atoms with E-state index < -0.39 is 12.6 Å². The third kappa shape index (κ3) is 4.81. The Morgan fingerprint density at radius 3 is 2.27 bits per heavy atom. The van der Waals surface area contributed by atoms with Crippen LogP contribution < -0.4 is 4.74 Å². The number of hydrogen-bond donors (Lipinski definition) is 1. The summed E-state index contributed by atoms with van der Waals surface area (Å²) in [4.78, 5) is 10.2. The molecule has 0 fully saturated rings. The zero-order valence-electron chi connectivity index (χ0n) is 6.76. The Morgan fingerprint density at radius 1 is 1.20 bits per heavy atom. The van der Waals surface area contributed by atoms with Crippen molar-refractivity contribution in [2.75, 3.05) is 6.61 Å². The molecule has 15 heavy (non-hydrogen) atoms. The van der Waals surface area contributed by atoms with E-state index >= 15 is 0 Å². The molecule has 0 unspecified atom stereocenters. The molecule has 1 aromatic rings. The first-order chi connectivity index (χ1) is 6.50. The number of aliphatic carboxylic acids is 1. The molecule has 78 valence electrons. The van der Waals surface area contributed by atoms with Crippen molar-refractivity contribution in [1.82, 2.24) is 0 Å². The van der Waals surface area contributed by atoms with E-state index in [1.54, 1.807) is 0 Å². The van der Waals surface area contributed by atoms with Gasteiger partial charge in [-0.25, -0.2) is 4.79 Å². The monoisotopic (exact) mass is 278 g/mol. The molecule has 1 aromatic carbocycles. The van der Waals surface area contributed by atoms with Gasteiger partial charge in [0.2, 0.25) is 0 Å². The molecule has 0 saturated carbocycles. The van der Waals surface area contributed by atoms with Gasteiger partial charge in [0.25, 0.3) is 0 Å². The van der Waals surface area contributed by atoms with Crippen molar-refractivity contribution in [3.05, 3.63) is 27.2 Å². The Kier molecular flexibility index (Phi) is 7.00. The predicted molar refractivity (Wildman–Crippen MR) is 61.8 cm³/mol. The second kappa shape index (κ2) is 6.84. The number of carboxylic acids is 1. The maximum absolute atomic E-state index is 10.2. The van der Waals surface area contributed by atoms with E-state index in [1.807, 2.05) is 0 Å². The van der Waals surface area contributed by atoms with Crippen LogP contribution in [0.1, 0.15) is 0 Å². The summed E-state index contributed by atoms with van der Waals surface area (Å²) in [5.74, 6) is -0.893. The van der Waals surface area contributed by atoms with Gasteiger partial charge in [0.1, 0.15) is 5.75 Å². The fraction of sp³-hybridized carbons (Fsp3) is 0.125. The molecule has 0 atom stereocenters. The minimum atomic E-state index is -1.09. The topological polar surface area (TPSA) is 46.5 Å². The molecule has 1 rings (SSSR count). The molecule has 3 nitrogen and oxygen atoms in total. The first-order valence-corrected chi connectivity index (χ1v) is 4.63. The Hall–Kier alpha value is 0.360. The van der Waals surface area contributed by atoms with Crippen LogP contribution in [-0.2, 0) is 4.79 Å². The molecular weight excluding hydrogens is 273 g/mol. The van der Waals surface area contributed by atoms with Crippen molar-refractivity contribution in [2.45, 2.75) is 0 Å². The Morgan fingerprint density at radius 2 is 1.73 bits per heavy atom. The van der Waals surface area contributed by atoms with Gasteiger partial charge in [0, 0.05) is 6.07 Å². The van der Waals surface area contributed by atoms with E-state index in [0.29, 0.717) is 5.02 Å². The number of rotatable bonds is 3. The van der Waals surface area contributed by atoms with Gasteiger partial charge in [-0.3, -0.25) is 0 Å². The van der Waals surface area contributed by atoms with Crippen LogP contribution in [0.2, 0.25) is 15.1 Å². The van der Waals surface area contributed by atoms with Crippen LogP contribution in [0.3, 0.4) is 0 Å². The molecule has 1 N–H and O–H groups in total. The molecule has 0 aliphatic heterocycles. The zero-order chi connectivity index (χ0) is 10.7. The van der Waals surface area contributed by atoms with Gasteiger partial charge in [-0.05, 0) is 6.07 Å². The molecular formula is C8H6Cl3NaO3. The maximum atomic E-state index is 10.2. The molecule has 0 radical (unpaired) electrons. The van der Waals surface area contributed by atoms with E-state index in [4.69, 9.17) is 44.6 Å². The van der Waals surface area contributed by atoms with Crippen LogP contribution in [-0.4, -0.2) is 47.2 Å². The Balaban J connectivity index is 0.00000196. The molecule has 0 amide bonds. The number of ether oxygens (including phenoxy) is 1. The average molecular weight is 279 g/mol. The summed E-state index contributed by atoms with van der Waals surface area (Å²) in [6.07, 6.45) is 0. The summed E-state index contributed by atoms with van der Waals surface area (Å²) in [5.41, 5.74) is 0. The molecule has 0 aliphatic carbocycles. The first kappa shape index (κ1) is 15.4. The average Bonchev–Trinajstić information content (AvgIpc) is 2.09. The van der Waals surface area contributed by atoms with E-state index in [0.717, 1.165) is 0 Å². The first-order valence-electron chi connectivity index (χ1n) is 3.50. The van der Waals surface area contributed by atoms with Crippen LogP contribution in [0.5, 0.6) is 5.75 Å². The van der Waals surface area contributed by atoms with Crippen molar-refractivity contribution < 1.29 is 14.6 Å². The summed E-state index contributed by atoms with van der Waals surface area (Å²) >= 11 is 17.1. The van der Waals surface area contributed by atoms with Gasteiger partial charge in [-0.15, -0.1) is 0 Å². The molecule has 0 aliphatic rings. The predicted octanol–water partition coefficient (Wildman–Crippen LogP) is 2.46. The van der Waals surface area contributed by atoms with Gasteiger partial charge in [0.05, 0.1) is 15.1 Å².